The van der Waals surface area contributed by atoms with Crippen molar-refractivity contribution in [3.05, 3.63) is 54.1 Å². The van der Waals surface area contributed by atoms with Crippen molar-refractivity contribution in [1.29, 1.82) is 0 Å². The molecule has 0 heterocycles. The molecule has 3 rings (SSSR count). The van der Waals surface area contributed by atoms with Crippen molar-refractivity contribution >= 4 is 25.6 Å². The molecule has 6 nitrogen and oxygen atoms in total. The lowest BCUT2D eigenvalue weighted by atomic mass is 9.80. The van der Waals surface area contributed by atoms with Crippen LogP contribution in [0, 0.1) is 5.92 Å². The number of nitrogens with one attached hydrogen (secondary N) is 1. The van der Waals surface area contributed by atoms with Gasteiger partial charge in [0.2, 0.25) is 20.0 Å². The van der Waals surface area contributed by atoms with Crippen LogP contribution in [0.5, 0.6) is 0 Å². The predicted molar refractivity (Wildman–Crippen MR) is 112 cm³/mol. The summed E-state index contributed by atoms with van der Waals surface area (Å²) in [5, 5.41) is 5.13. The predicted octanol–water partition coefficient (Wildman–Crippen LogP) is 2.55. The van der Waals surface area contributed by atoms with Crippen LogP contribution in [0.1, 0.15) is 45.1 Å². The molecule has 3 unspecified atom stereocenters. The van der Waals surface area contributed by atoms with Crippen LogP contribution in [0.4, 0.5) is 0 Å². The summed E-state index contributed by atoms with van der Waals surface area (Å²) in [5.41, 5.74) is 1.95. The molecule has 0 amide bonds. The van der Waals surface area contributed by atoms with E-state index in [9.17, 15) is 16.8 Å². The molecular formula is C20H28N2O4S2. The Balaban J connectivity index is 1.94. The number of rotatable bonds is 6. The van der Waals surface area contributed by atoms with Crippen LogP contribution in [0.3, 0.4) is 0 Å². The first kappa shape index (κ1) is 21.2. The van der Waals surface area contributed by atoms with Crippen molar-refractivity contribution in [1.82, 2.24) is 4.72 Å². The highest BCUT2D eigenvalue weighted by Crippen LogP contribution is 2.45. The summed E-state index contributed by atoms with van der Waals surface area (Å²) in [6, 6.07) is 9.28. The number of hydrogen-bond acceptors (Lipinski definition) is 4. The second-order valence-electron chi connectivity index (χ2n) is 7.92. The van der Waals surface area contributed by atoms with Gasteiger partial charge in [-0.05, 0) is 44.2 Å². The molecule has 8 heteroatoms. The van der Waals surface area contributed by atoms with Gasteiger partial charge >= 0.3 is 0 Å². The first-order valence-corrected chi connectivity index (χ1v) is 12.6. The molecule has 0 aliphatic heterocycles. The second-order valence-corrected chi connectivity index (χ2v) is 12.0. The van der Waals surface area contributed by atoms with E-state index in [0.29, 0.717) is 12.8 Å². The molecule has 154 valence electrons. The van der Waals surface area contributed by atoms with Crippen LogP contribution >= 0.6 is 0 Å². The standard InChI is InChI=1S/C20H28N2O4S2/c1-15(2)27(23,24)22-19-10-6-9-18(19)20(28(21,25)26)13-11-17(12-14-20)16-7-4-3-5-8-16/h3-5,7-8,11-13,15,18-19,22H,6,9-10,14H2,1-2H3,(H2,21,25,26). The molecule has 0 bridgehead atoms. The van der Waals surface area contributed by atoms with Crippen LogP contribution in [0.15, 0.2) is 48.6 Å². The van der Waals surface area contributed by atoms with Crippen LogP contribution < -0.4 is 9.86 Å². The molecule has 3 N–H and O–H groups in total. The Morgan fingerprint density at radius 2 is 1.79 bits per heavy atom. The highest BCUT2D eigenvalue weighted by molar-refractivity contribution is 7.91. The molecule has 0 radical (unpaired) electrons. The fraction of sp³-hybridized carbons (Fsp3) is 0.500. The molecule has 1 aromatic carbocycles. The summed E-state index contributed by atoms with van der Waals surface area (Å²) in [4.78, 5) is 0. The maximum Gasteiger partial charge on any atom is 0.219 e. The number of nitrogens with two attached hydrogens (primary N) is 1. The van der Waals surface area contributed by atoms with E-state index in [2.05, 4.69) is 4.72 Å². The van der Waals surface area contributed by atoms with Gasteiger partial charge in [-0.25, -0.2) is 26.7 Å². The molecule has 2 aliphatic rings. The highest BCUT2D eigenvalue weighted by atomic mass is 32.2. The zero-order valence-electron chi connectivity index (χ0n) is 16.2. The molecule has 3 atom stereocenters. The molecule has 2 aliphatic carbocycles. The number of hydrogen-bond donors (Lipinski definition) is 2. The lowest BCUT2D eigenvalue weighted by Gasteiger charge is -2.39. The summed E-state index contributed by atoms with van der Waals surface area (Å²) < 4.78 is 51.6. The Labute approximate surface area is 168 Å². The quantitative estimate of drug-likeness (QED) is 0.732. The lowest BCUT2D eigenvalue weighted by Crippen LogP contribution is -2.54. The number of primary sulfonamides is 1. The molecule has 0 aromatic heterocycles. The minimum atomic E-state index is -3.95. The molecule has 1 fully saturated rings. The first-order chi connectivity index (χ1) is 13.1. The number of allylic oxidation sites excluding steroid dienone is 3. The Bertz CT molecular complexity index is 982. The van der Waals surface area contributed by atoms with Crippen molar-refractivity contribution < 1.29 is 16.8 Å². The van der Waals surface area contributed by atoms with Gasteiger partial charge in [0.1, 0.15) is 4.75 Å². The first-order valence-electron chi connectivity index (χ1n) is 9.55. The van der Waals surface area contributed by atoms with Crippen LogP contribution in [0.25, 0.3) is 5.57 Å². The Morgan fingerprint density at radius 3 is 2.32 bits per heavy atom. The van der Waals surface area contributed by atoms with Gasteiger partial charge in [-0.1, -0.05) is 55.0 Å². The summed E-state index contributed by atoms with van der Waals surface area (Å²) in [5.74, 6) is -0.402. The molecule has 28 heavy (non-hydrogen) atoms. The topological polar surface area (TPSA) is 106 Å². The summed E-state index contributed by atoms with van der Waals surface area (Å²) in [7, 11) is -7.46. The monoisotopic (exact) mass is 424 g/mol. The maximum atomic E-state index is 12.7. The van der Waals surface area contributed by atoms with Gasteiger partial charge in [0.05, 0.1) is 5.25 Å². The summed E-state index contributed by atoms with van der Waals surface area (Å²) in [6.07, 6.45) is 7.59. The van der Waals surface area contributed by atoms with E-state index < -0.39 is 42.0 Å². The van der Waals surface area contributed by atoms with E-state index >= 15 is 0 Å². The SMILES string of the molecule is CC(C)S(=O)(=O)NC1CCCC1C1(S(N)(=O)=O)C=CC(c2ccccc2)=CC1. The zero-order valence-corrected chi connectivity index (χ0v) is 17.8. The van der Waals surface area contributed by atoms with Gasteiger partial charge in [-0.15, -0.1) is 0 Å². The van der Waals surface area contributed by atoms with Crippen LogP contribution in [-0.4, -0.2) is 32.9 Å². The van der Waals surface area contributed by atoms with Gasteiger partial charge in [0, 0.05) is 12.0 Å². The fourth-order valence-corrected chi connectivity index (χ4v) is 6.46. The molecule has 0 spiro atoms. The lowest BCUT2D eigenvalue weighted by molar-refractivity contribution is 0.359. The van der Waals surface area contributed by atoms with Gasteiger partial charge in [-0.3, -0.25) is 0 Å². The van der Waals surface area contributed by atoms with E-state index in [1.165, 1.54) is 0 Å². The van der Waals surface area contributed by atoms with Gasteiger partial charge < -0.3 is 0 Å². The van der Waals surface area contributed by atoms with Crippen molar-refractivity contribution in [2.24, 2.45) is 11.1 Å². The Morgan fingerprint density at radius 1 is 1.11 bits per heavy atom. The van der Waals surface area contributed by atoms with Crippen molar-refractivity contribution in [2.75, 3.05) is 0 Å². The van der Waals surface area contributed by atoms with E-state index in [0.717, 1.165) is 17.6 Å². The van der Waals surface area contributed by atoms with Gasteiger partial charge in [0.25, 0.3) is 0 Å². The van der Waals surface area contributed by atoms with Gasteiger partial charge in [-0.2, -0.15) is 0 Å². The zero-order chi connectivity index (χ0) is 20.6. The molecular weight excluding hydrogens is 396 g/mol. The summed E-state index contributed by atoms with van der Waals surface area (Å²) >= 11 is 0. The van der Waals surface area contributed by atoms with Gasteiger partial charge in [0.15, 0.2) is 0 Å². The van der Waals surface area contributed by atoms with E-state index in [-0.39, 0.29) is 6.42 Å². The highest BCUT2D eigenvalue weighted by Gasteiger charge is 2.52. The van der Waals surface area contributed by atoms with Crippen molar-refractivity contribution in [3.63, 3.8) is 0 Å². The minimum Gasteiger partial charge on any atom is -0.228 e. The van der Waals surface area contributed by atoms with Crippen molar-refractivity contribution in [3.8, 4) is 0 Å². The Hall–Kier alpha value is -1.48. The number of sulfonamides is 2. The van der Waals surface area contributed by atoms with Crippen LogP contribution in [-0.2, 0) is 20.0 Å². The minimum absolute atomic E-state index is 0.233. The molecule has 1 aromatic rings. The van der Waals surface area contributed by atoms with Crippen LogP contribution in [0.2, 0.25) is 0 Å². The third-order valence-electron chi connectivity index (χ3n) is 5.90. The number of benzene rings is 1. The fourth-order valence-electron chi connectivity index (χ4n) is 4.21. The van der Waals surface area contributed by atoms with Crippen molar-refractivity contribution in [2.45, 2.75) is 55.6 Å². The second kappa shape index (κ2) is 7.74. The third kappa shape index (κ3) is 3.96. The average molecular weight is 425 g/mol. The summed E-state index contributed by atoms with van der Waals surface area (Å²) in [6.45, 7) is 3.22. The Kier molecular flexibility index (Phi) is 5.87. The van der Waals surface area contributed by atoms with E-state index in [4.69, 9.17) is 5.14 Å². The van der Waals surface area contributed by atoms with E-state index in [1.807, 2.05) is 36.4 Å². The molecule has 1 saturated carbocycles. The smallest absolute Gasteiger partial charge is 0.219 e. The normalized spacial score (nSPS) is 28.5. The average Bonchev–Trinajstić information content (AvgIpc) is 3.09. The van der Waals surface area contributed by atoms with E-state index in [1.54, 1.807) is 26.0 Å². The third-order valence-corrected chi connectivity index (χ3v) is 9.44. The maximum absolute atomic E-state index is 12.7. The molecule has 0 saturated heterocycles. The largest absolute Gasteiger partial charge is 0.228 e.